The van der Waals surface area contributed by atoms with Crippen molar-refractivity contribution < 1.29 is 23.9 Å². The summed E-state index contributed by atoms with van der Waals surface area (Å²) in [7, 11) is 4.53. The topological polar surface area (TPSA) is 99.9 Å². The third-order valence-corrected chi connectivity index (χ3v) is 4.91. The molecule has 0 atom stereocenters. The number of nitro benzene ring substituents is 1. The van der Waals surface area contributed by atoms with Crippen molar-refractivity contribution >= 4 is 23.4 Å². The molecule has 0 bridgehead atoms. The fraction of sp³-hybridized carbons (Fsp3) is 0.316. The Morgan fingerprint density at radius 1 is 1.07 bits per heavy atom. The maximum atomic E-state index is 12.1. The second-order valence-corrected chi connectivity index (χ2v) is 6.70. The zero-order valence-corrected chi connectivity index (χ0v) is 16.7. The van der Waals surface area contributed by atoms with Gasteiger partial charge < -0.3 is 19.5 Å². The van der Waals surface area contributed by atoms with Crippen molar-refractivity contribution in [2.75, 3.05) is 27.1 Å². The standard InChI is InChI=1S/C19H22N2O6S/c1-25-15-5-7-17(26-2)14(9-15)10-20-19(22)12-28-11-13-4-6-18(27-3)16(8-13)21(23)24/h4-9H,10-12H2,1-3H3,(H,20,22). The molecule has 0 saturated carbocycles. The van der Waals surface area contributed by atoms with E-state index in [1.165, 1.54) is 24.9 Å². The van der Waals surface area contributed by atoms with Crippen molar-refractivity contribution in [1.82, 2.24) is 5.32 Å². The Kier molecular flexibility index (Phi) is 7.94. The first-order valence-electron chi connectivity index (χ1n) is 8.35. The van der Waals surface area contributed by atoms with Crippen LogP contribution in [0.2, 0.25) is 0 Å². The summed E-state index contributed by atoms with van der Waals surface area (Å²) in [4.78, 5) is 22.7. The Hall–Kier alpha value is -2.94. The van der Waals surface area contributed by atoms with E-state index in [-0.39, 0.29) is 23.1 Å². The van der Waals surface area contributed by atoms with Gasteiger partial charge in [0.15, 0.2) is 5.75 Å². The van der Waals surface area contributed by atoms with Crippen LogP contribution in [0.5, 0.6) is 17.2 Å². The van der Waals surface area contributed by atoms with Crippen LogP contribution in [0.3, 0.4) is 0 Å². The summed E-state index contributed by atoms with van der Waals surface area (Å²) in [5.74, 6) is 2.12. The van der Waals surface area contributed by atoms with Crippen LogP contribution in [0.25, 0.3) is 0 Å². The third kappa shape index (κ3) is 5.78. The maximum Gasteiger partial charge on any atom is 0.311 e. The molecule has 2 rings (SSSR count). The molecule has 28 heavy (non-hydrogen) atoms. The highest BCUT2D eigenvalue weighted by atomic mass is 32.2. The number of ether oxygens (including phenoxy) is 3. The summed E-state index contributed by atoms with van der Waals surface area (Å²) in [6.07, 6.45) is 0. The lowest BCUT2D eigenvalue weighted by Gasteiger charge is -2.11. The summed E-state index contributed by atoms with van der Waals surface area (Å²) in [6.45, 7) is 0.313. The SMILES string of the molecule is COc1ccc(OC)c(CNC(=O)CSCc2ccc(OC)c([N+](=O)[O-])c2)c1. The Morgan fingerprint density at radius 3 is 2.43 bits per heavy atom. The smallest absolute Gasteiger partial charge is 0.311 e. The molecule has 9 heteroatoms. The molecule has 0 aliphatic rings. The molecule has 8 nitrogen and oxygen atoms in total. The number of thioether (sulfide) groups is 1. The molecule has 0 saturated heterocycles. The molecular formula is C19H22N2O6S. The van der Waals surface area contributed by atoms with Crippen LogP contribution in [0.4, 0.5) is 5.69 Å². The van der Waals surface area contributed by atoms with E-state index in [4.69, 9.17) is 14.2 Å². The van der Waals surface area contributed by atoms with Gasteiger partial charge in [-0.25, -0.2) is 0 Å². The van der Waals surface area contributed by atoms with Crippen LogP contribution in [0, 0.1) is 10.1 Å². The van der Waals surface area contributed by atoms with Crippen LogP contribution in [0.15, 0.2) is 36.4 Å². The number of methoxy groups -OCH3 is 3. The van der Waals surface area contributed by atoms with E-state index in [9.17, 15) is 14.9 Å². The van der Waals surface area contributed by atoms with E-state index in [1.807, 2.05) is 6.07 Å². The number of carbonyl (C=O) groups is 1. The first kappa shape index (κ1) is 21.4. The number of hydrogen-bond donors (Lipinski definition) is 1. The lowest BCUT2D eigenvalue weighted by atomic mass is 10.2. The molecule has 150 valence electrons. The molecule has 0 radical (unpaired) electrons. The Labute approximate surface area is 167 Å². The fourth-order valence-electron chi connectivity index (χ4n) is 2.49. The molecule has 0 aliphatic carbocycles. The second-order valence-electron chi connectivity index (χ2n) is 5.71. The molecule has 0 heterocycles. The number of rotatable bonds is 10. The average molecular weight is 406 g/mol. The number of hydrogen-bond acceptors (Lipinski definition) is 7. The van der Waals surface area contributed by atoms with E-state index in [1.54, 1.807) is 38.5 Å². The minimum atomic E-state index is -0.485. The van der Waals surface area contributed by atoms with Crippen LogP contribution in [-0.4, -0.2) is 37.9 Å². The lowest BCUT2D eigenvalue weighted by Crippen LogP contribution is -2.24. The Bertz CT molecular complexity index is 843. The van der Waals surface area contributed by atoms with E-state index < -0.39 is 4.92 Å². The molecule has 1 N–H and O–H groups in total. The maximum absolute atomic E-state index is 12.1. The summed E-state index contributed by atoms with van der Waals surface area (Å²) >= 11 is 1.37. The molecule has 0 spiro atoms. The number of amides is 1. The van der Waals surface area contributed by atoms with Gasteiger partial charge in [0, 0.05) is 23.9 Å². The van der Waals surface area contributed by atoms with Gasteiger partial charge in [0.1, 0.15) is 11.5 Å². The zero-order chi connectivity index (χ0) is 20.5. The summed E-state index contributed by atoms with van der Waals surface area (Å²) in [6, 6.07) is 10.1. The van der Waals surface area contributed by atoms with Gasteiger partial charge in [-0.2, -0.15) is 0 Å². The Morgan fingerprint density at radius 2 is 1.79 bits per heavy atom. The quantitative estimate of drug-likeness (QED) is 0.478. The van der Waals surface area contributed by atoms with E-state index >= 15 is 0 Å². The molecule has 2 aromatic rings. The molecule has 0 aliphatic heterocycles. The van der Waals surface area contributed by atoms with Crippen LogP contribution < -0.4 is 19.5 Å². The van der Waals surface area contributed by atoms with Crippen molar-refractivity contribution in [2.45, 2.75) is 12.3 Å². The van der Waals surface area contributed by atoms with Crippen LogP contribution in [0.1, 0.15) is 11.1 Å². The molecule has 0 aromatic heterocycles. The van der Waals surface area contributed by atoms with E-state index in [0.717, 1.165) is 11.1 Å². The van der Waals surface area contributed by atoms with Gasteiger partial charge >= 0.3 is 5.69 Å². The average Bonchev–Trinajstić information content (AvgIpc) is 2.71. The molecular weight excluding hydrogens is 384 g/mol. The van der Waals surface area contributed by atoms with Crippen molar-refractivity contribution in [3.63, 3.8) is 0 Å². The number of benzene rings is 2. The van der Waals surface area contributed by atoms with Crippen molar-refractivity contribution in [3.05, 3.63) is 57.6 Å². The van der Waals surface area contributed by atoms with Gasteiger partial charge in [0.25, 0.3) is 0 Å². The first-order valence-corrected chi connectivity index (χ1v) is 9.50. The summed E-state index contributed by atoms with van der Waals surface area (Å²) in [5.41, 5.74) is 1.47. The minimum absolute atomic E-state index is 0.0878. The molecule has 0 unspecified atom stereocenters. The highest BCUT2D eigenvalue weighted by Crippen LogP contribution is 2.29. The van der Waals surface area contributed by atoms with Crippen molar-refractivity contribution in [2.24, 2.45) is 0 Å². The largest absolute Gasteiger partial charge is 0.497 e. The Balaban J connectivity index is 1.87. The van der Waals surface area contributed by atoms with Crippen LogP contribution >= 0.6 is 11.8 Å². The molecule has 1 amide bonds. The monoisotopic (exact) mass is 406 g/mol. The van der Waals surface area contributed by atoms with E-state index in [0.29, 0.717) is 23.8 Å². The lowest BCUT2D eigenvalue weighted by molar-refractivity contribution is -0.385. The number of nitro groups is 1. The molecule has 2 aromatic carbocycles. The fourth-order valence-corrected chi connectivity index (χ4v) is 3.30. The summed E-state index contributed by atoms with van der Waals surface area (Å²) < 4.78 is 15.5. The number of nitrogens with zero attached hydrogens (tertiary/aromatic N) is 1. The van der Waals surface area contributed by atoms with Gasteiger partial charge in [-0.1, -0.05) is 6.07 Å². The van der Waals surface area contributed by atoms with Crippen LogP contribution in [-0.2, 0) is 17.1 Å². The van der Waals surface area contributed by atoms with Gasteiger partial charge in [-0.15, -0.1) is 11.8 Å². The number of carbonyl (C=O) groups excluding carboxylic acids is 1. The zero-order valence-electron chi connectivity index (χ0n) is 15.9. The highest BCUT2D eigenvalue weighted by molar-refractivity contribution is 7.99. The predicted molar refractivity (Wildman–Crippen MR) is 107 cm³/mol. The van der Waals surface area contributed by atoms with Gasteiger partial charge in [0.2, 0.25) is 5.91 Å². The van der Waals surface area contributed by atoms with Gasteiger partial charge in [0.05, 0.1) is 32.0 Å². The normalized spacial score (nSPS) is 10.2. The number of nitrogens with one attached hydrogen (secondary N) is 1. The summed E-state index contributed by atoms with van der Waals surface area (Å²) in [5, 5.41) is 13.9. The van der Waals surface area contributed by atoms with Crippen molar-refractivity contribution in [3.8, 4) is 17.2 Å². The van der Waals surface area contributed by atoms with Crippen molar-refractivity contribution in [1.29, 1.82) is 0 Å². The van der Waals surface area contributed by atoms with E-state index in [2.05, 4.69) is 5.32 Å². The van der Waals surface area contributed by atoms with Gasteiger partial charge in [-0.05, 0) is 29.8 Å². The minimum Gasteiger partial charge on any atom is -0.497 e. The predicted octanol–water partition coefficient (Wildman–Crippen LogP) is 3.17. The van der Waals surface area contributed by atoms with Gasteiger partial charge in [-0.3, -0.25) is 14.9 Å². The molecule has 0 fully saturated rings. The first-order chi connectivity index (χ1) is 13.5. The third-order valence-electron chi connectivity index (χ3n) is 3.91. The second kappa shape index (κ2) is 10.4. The highest BCUT2D eigenvalue weighted by Gasteiger charge is 2.15.